The predicted molar refractivity (Wildman–Crippen MR) is 78.9 cm³/mol. The predicted octanol–water partition coefficient (Wildman–Crippen LogP) is 0.791. The van der Waals surface area contributed by atoms with Crippen LogP contribution in [0, 0.1) is 13.8 Å². The van der Waals surface area contributed by atoms with E-state index >= 15 is 0 Å². The number of fused-ring (bicyclic) bond motifs is 3. The fourth-order valence-electron chi connectivity index (χ4n) is 2.74. The Morgan fingerprint density at radius 1 is 1.29 bits per heavy atom. The second-order valence-corrected chi connectivity index (χ2v) is 5.52. The Hall–Kier alpha value is -1.85. The van der Waals surface area contributed by atoms with Crippen molar-refractivity contribution in [2.24, 2.45) is 0 Å². The van der Waals surface area contributed by atoms with Gasteiger partial charge in [0, 0.05) is 18.1 Å². The zero-order valence-corrected chi connectivity index (χ0v) is 12.6. The maximum atomic E-state index is 12.0. The first-order valence-corrected chi connectivity index (χ1v) is 7.13. The number of methoxy groups -OCH3 is 1. The van der Waals surface area contributed by atoms with Crippen LogP contribution in [0.2, 0.25) is 0 Å². The molecule has 1 aromatic carbocycles. The topological polar surface area (TPSA) is 53.1 Å². The maximum absolute atomic E-state index is 12.0. The molecule has 0 saturated carbocycles. The molecule has 1 N–H and O–H groups in total. The van der Waals surface area contributed by atoms with Gasteiger partial charge in [0.15, 0.2) is 5.58 Å². The molecule has 1 aliphatic rings. The first-order valence-electron chi connectivity index (χ1n) is 7.13. The molecule has 0 bridgehead atoms. The van der Waals surface area contributed by atoms with Gasteiger partial charge in [0.25, 0.3) is 0 Å². The number of hydrogen-bond acceptors (Lipinski definition) is 4. The van der Waals surface area contributed by atoms with Crippen molar-refractivity contribution in [1.82, 2.24) is 0 Å². The molecule has 0 saturated heterocycles. The summed E-state index contributed by atoms with van der Waals surface area (Å²) < 4.78 is 16.5. The largest absolute Gasteiger partial charge is 0.445 e. The van der Waals surface area contributed by atoms with Crippen molar-refractivity contribution in [1.29, 1.82) is 0 Å². The summed E-state index contributed by atoms with van der Waals surface area (Å²) in [6.45, 7) is 6.69. The highest BCUT2D eigenvalue weighted by Gasteiger charge is 2.24. The smallest absolute Gasteiger partial charge is 0.339 e. The van der Waals surface area contributed by atoms with Gasteiger partial charge in [0.1, 0.15) is 18.8 Å². The van der Waals surface area contributed by atoms with E-state index in [1.807, 2.05) is 19.1 Å². The van der Waals surface area contributed by atoms with Crippen molar-refractivity contribution in [2.75, 3.05) is 27.0 Å². The monoisotopic (exact) mass is 290 g/mol. The van der Waals surface area contributed by atoms with Gasteiger partial charge in [-0.1, -0.05) is 0 Å². The van der Waals surface area contributed by atoms with Gasteiger partial charge in [-0.3, -0.25) is 4.90 Å². The highest BCUT2D eigenvalue weighted by Crippen LogP contribution is 2.30. The van der Waals surface area contributed by atoms with Crippen LogP contribution >= 0.6 is 0 Å². The van der Waals surface area contributed by atoms with Crippen LogP contribution in [0.1, 0.15) is 16.7 Å². The van der Waals surface area contributed by atoms with Crippen LogP contribution in [0.5, 0.6) is 5.75 Å². The van der Waals surface area contributed by atoms with E-state index < -0.39 is 0 Å². The van der Waals surface area contributed by atoms with Crippen molar-refractivity contribution >= 4 is 11.0 Å². The second kappa shape index (κ2) is 5.50. The normalized spacial score (nSPS) is 17.6. The average molecular weight is 290 g/mol. The highest BCUT2D eigenvalue weighted by atomic mass is 16.5. The molecule has 21 heavy (non-hydrogen) atoms. The van der Waals surface area contributed by atoms with Crippen molar-refractivity contribution in [3.63, 3.8) is 0 Å². The van der Waals surface area contributed by atoms with Crippen LogP contribution in [0.4, 0.5) is 0 Å². The van der Waals surface area contributed by atoms with Gasteiger partial charge in [0.2, 0.25) is 6.73 Å². The van der Waals surface area contributed by atoms with E-state index in [0.717, 1.165) is 35.4 Å². The second-order valence-electron chi connectivity index (χ2n) is 5.52. The van der Waals surface area contributed by atoms with E-state index in [1.54, 1.807) is 14.0 Å². The molecule has 1 unspecified atom stereocenters. The Balaban J connectivity index is 2.10. The van der Waals surface area contributed by atoms with Crippen molar-refractivity contribution in [3.05, 3.63) is 39.2 Å². The minimum atomic E-state index is -0.266. The highest BCUT2D eigenvalue weighted by molar-refractivity contribution is 5.85. The molecule has 0 fully saturated rings. The average Bonchev–Trinajstić information content (AvgIpc) is 2.50. The summed E-state index contributed by atoms with van der Waals surface area (Å²) >= 11 is 0. The Kier molecular flexibility index (Phi) is 3.69. The molecule has 0 amide bonds. The number of rotatable bonds is 3. The third-order valence-corrected chi connectivity index (χ3v) is 4.20. The zero-order valence-electron chi connectivity index (χ0n) is 12.6. The number of aryl methyl sites for hydroxylation is 1. The van der Waals surface area contributed by atoms with Gasteiger partial charge in [-0.25, -0.2) is 4.79 Å². The molecule has 0 radical (unpaired) electrons. The number of ether oxygens (including phenoxy) is 2. The lowest BCUT2D eigenvalue weighted by molar-refractivity contribution is -0.932. The Bertz CT molecular complexity index is 735. The summed E-state index contributed by atoms with van der Waals surface area (Å²) in [6.07, 6.45) is 0. The molecule has 5 heteroatoms. The van der Waals surface area contributed by atoms with E-state index in [4.69, 9.17) is 13.9 Å². The van der Waals surface area contributed by atoms with Crippen LogP contribution in [0.25, 0.3) is 11.0 Å². The number of benzene rings is 1. The Morgan fingerprint density at radius 3 is 2.86 bits per heavy atom. The molecule has 112 valence electrons. The summed E-state index contributed by atoms with van der Waals surface area (Å²) in [5, 5.41) is 0.988. The van der Waals surface area contributed by atoms with Crippen molar-refractivity contribution in [3.8, 4) is 5.75 Å². The molecule has 1 atom stereocenters. The quantitative estimate of drug-likeness (QED) is 0.849. The van der Waals surface area contributed by atoms with Crippen LogP contribution in [0.15, 0.2) is 21.3 Å². The SMILES string of the molecule is COCC[NH+]1COc2ccc3c(C)c(C)c(=O)oc3c2C1. The minimum absolute atomic E-state index is 0.266. The van der Waals surface area contributed by atoms with Gasteiger partial charge in [0.05, 0.1) is 12.2 Å². The lowest BCUT2D eigenvalue weighted by Gasteiger charge is -2.26. The molecular weight excluding hydrogens is 270 g/mol. The van der Waals surface area contributed by atoms with Crippen molar-refractivity contribution in [2.45, 2.75) is 20.4 Å². The number of quaternary nitrogens is 1. The van der Waals surface area contributed by atoms with E-state index in [2.05, 4.69) is 0 Å². The first-order chi connectivity index (χ1) is 10.1. The lowest BCUT2D eigenvalue weighted by Crippen LogP contribution is -3.12. The first kappa shape index (κ1) is 14.1. The lowest BCUT2D eigenvalue weighted by atomic mass is 10.0. The van der Waals surface area contributed by atoms with Gasteiger partial charge >= 0.3 is 5.63 Å². The maximum Gasteiger partial charge on any atom is 0.339 e. The van der Waals surface area contributed by atoms with Gasteiger partial charge in [-0.2, -0.15) is 0 Å². The van der Waals surface area contributed by atoms with E-state index in [0.29, 0.717) is 24.5 Å². The molecule has 0 aliphatic carbocycles. The number of nitrogens with one attached hydrogen (secondary N) is 1. The Labute approximate surface area is 123 Å². The van der Waals surface area contributed by atoms with Crippen molar-refractivity contribution < 1.29 is 18.8 Å². The molecule has 1 aliphatic heterocycles. The fourth-order valence-corrected chi connectivity index (χ4v) is 2.74. The van der Waals surface area contributed by atoms with E-state index in [-0.39, 0.29) is 5.63 Å². The summed E-state index contributed by atoms with van der Waals surface area (Å²) in [5.74, 6) is 0.815. The fraction of sp³-hybridized carbons (Fsp3) is 0.438. The van der Waals surface area contributed by atoms with E-state index in [1.165, 1.54) is 4.90 Å². The summed E-state index contributed by atoms with van der Waals surface area (Å²) in [7, 11) is 1.69. The molecule has 2 aromatic rings. The van der Waals surface area contributed by atoms with Gasteiger partial charge < -0.3 is 13.9 Å². The molecule has 3 rings (SSSR count). The molecule has 2 heterocycles. The third-order valence-electron chi connectivity index (χ3n) is 4.20. The van der Waals surface area contributed by atoms with Crippen LogP contribution in [-0.4, -0.2) is 27.0 Å². The minimum Gasteiger partial charge on any atom is -0.445 e. The van der Waals surface area contributed by atoms with Crippen LogP contribution < -0.4 is 15.3 Å². The van der Waals surface area contributed by atoms with Crippen LogP contribution in [-0.2, 0) is 11.3 Å². The third kappa shape index (κ3) is 2.43. The van der Waals surface area contributed by atoms with E-state index in [9.17, 15) is 4.79 Å². The molecule has 0 spiro atoms. The van der Waals surface area contributed by atoms with Gasteiger partial charge in [-0.15, -0.1) is 0 Å². The van der Waals surface area contributed by atoms with Gasteiger partial charge in [-0.05, 0) is 31.5 Å². The zero-order chi connectivity index (χ0) is 15.0. The Morgan fingerprint density at radius 2 is 2.10 bits per heavy atom. The van der Waals surface area contributed by atoms with Crippen LogP contribution in [0.3, 0.4) is 0 Å². The summed E-state index contributed by atoms with van der Waals surface area (Å²) in [6, 6.07) is 3.94. The standard InChI is InChI=1S/C16H19NO4/c1-10-11(2)16(18)21-15-12(10)4-5-14-13(15)8-17(9-20-14)6-7-19-3/h4-5H,6-9H2,1-3H3/p+1. The summed E-state index contributed by atoms with van der Waals surface area (Å²) in [5.41, 5.74) is 3.02. The molecular formula is C16H20NO4+. The molecule has 5 nitrogen and oxygen atoms in total. The number of hydrogen-bond donors (Lipinski definition) is 1. The molecule has 1 aromatic heterocycles. The summed E-state index contributed by atoms with van der Waals surface area (Å²) in [4.78, 5) is 13.2.